The Labute approximate surface area is 191 Å². The van der Waals surface area contributed by atoms with Crippen LogP contribution in [-0.2, 0) is 17.8 Å². The van der Waals surface area contributed by atoms with Gasteiger partial charge >= 0.3 is 0 Å². The second-order valence-electron chi connectivity index (χ2n) is 9.14. The van der Waals surface area contributed by atoms with Crippen molar-refractivity contribution in [3.63, 3.8) is 0 Å². The van der Waals surface area contributed by atoms with E-state index in [1.54, 1.807) is 11.9 Å². The number of nitrogens with zero attached hydrogens (tertiary/aromatic N) is 1. The van der Waals surface area contributed by atoms with Gasteiger partial charge in [-0.15, -0.1) is 0 Å². The lowest BCUT2D eigenvalue weighted by Crippen LogP contribution is -2.31. The quantitative estimate of drug-likeness (QED) is 0.537. The summed E-state index contributed by atoms with van der Waals surface area (Å²) >= 11 is 1.76. The first kappa shape index (κ1) is 22.5. The number of anilines is 1. The summed E-state index contributed by atoms with van der Waals surface area (Å²) in [6.07, 6.45) is 4.38. The third kappa shape index (κ3) is 5.39. The maximum absolute atomic E-state index is 9.96. The second kappa shape index (κ2) is 10.3. The molecule has 0 aromatic heterocycles. The van der Waals surface area contributed by atoms with Crippen LogP contribution in [0.15, 0.2) is 41.3 Å². The Bertz CT molecular complexity index is 879. The standard InChI is InChI=1S/C26H35NO3S/c1-18(2)21-6-8-25-22(14-21)5-4-19(3)27(25)31-24-7-9-26(23(15-24)16-28)30-17-20-10-12-29-13-11-20/h6-9,14-15,18-20,28H,4-5,10-13,16-17H2,1-3H3. The van der Waals surface area contributed by atoms with E-state index < -0.39 is 0 Å². The largest absolute Gasteiger partial charge is 0.493 e. The highest BCUT2D eigenvalue weighted by Crippen LogP contribution is 2.40. The third-order valence-corrected chi connectivity index (χ3v) is 7.68. The van der Waals surface area contributed by atoms with E-state index in [2.05, 4.69) is 55.4 Å². The highest BCUT2D eigenvalue weighted by atomic mass is 32.2. The molecule has 0 saturated carbocycles. The number of aliphatic hydroxyl groups excluding tert-OH is 1. The number of benzene rings is 2. The van der Waals surface area contributed by atoms with Crippen molar-refractivity contribution in [2.24, 2.45) is 5.92 Å². The minimum Gasteiger partial charge on any atom is -0.493 e. The summed E-state index contributed by atoms with van der Waals surface area (Å²) in [7, 11) is 0. The van der Waals surface area contributed by atoms with Crippen LogP contribution < -0.4 is 9.04 Å². The summed E-state index contributed by atoms with van der Waals surface area (Å²) in [4.78, 5) is 1.13. The van der Waals surface area contributed by atoms with Crippen molar-refractivity contribution in [2.75, 3.05) is 24.1 Å². The maximum Gasteiger partial charge on any atom is 0.124 e. The SMILES string of the molecule is CC(C)c1ccc2c(c1)CCC(C)N2Sc1ccc(OCC2CCOCC2)c(CO)c1. The third-order valence-electron chi connectivity index (χ3n) is 6.46. The lowest BCUT2D eigenvalue weighted by molar-refractivity contribution is 0.0494. The second-order valence-corrected chi connectivity index (χ2v) is 10.2. The normalized spacial score (nSPS) is 19.5. The molecule has 2 heterocycles. The minimum atomic E-state index is -0.0125. The van der Waals surface area contributed by atoms with Crippen molar-refractivity contribution < 1.29 is 14.6 Å². The van der Waals surface area contributed by atoms with E-state index in [0.29, 0.717) is 24.5 Å². The monoisotopic (exact) mass is 441 g/mol. The summed E-state index contributed by atoms with van der Waals surface area (Å²) < 4.78 is 14.0. The summed E-state index contributed by atoms with van der Waals surface area (Å²) in [5, 5.41) is 9.96. The summed E-state index contributed by atoms with van der Waals surface area (Å²) in [5.41, 5.74) is 5.03. The Morgan fingerprint density at radius 1 is 1.13 bits per heavy atom. The molecule has 0 spiro atoms. The van der Waals surface area contributed by atoms with Crippen molar-refractivity contribution in [3.05, 3.63) is 53.1 Å². The van der Waals surface area contributed by atoms with Crippen molar-refractivity contribution in [1.29, 1.82) is 0 Å². The molecule has 2 aliphatic heterocycles. The summed E-state index contributed by atoms with van der Waals surface area (Å²) in [6.45, 7) is 9.13. The fourth-order valence-corrected chi connectivity index (χ4v) is 5.46. The van der Waals surface area contributed by atoms with Crippen LogP contribution in [0.1, 0.15) is 62.6 Å². The molecule has 4 rings (SSSR count). The van der Waals surface area contributed by atoms with Gasteiger partial charge in [-0.05, 0) is 91.8 Å². The van der Waals surface area contributed by atoms with Gasteiger partial charge in [0, 0.05) is 29.7 Å². The Morgan fingerprint density at radius 2 is 1.94 bits per heavy atom. The van der Waals surface area contributed by atoms with Gasteiger partial charge in [-0.3, -0.25) is 0 Å². The van der Waals surface area contributed by atoms with E-state index in [-0.39, 0.29) is 6.61 Å². The van der Waals surface area contributed by atoms with Gasteiger partial charge in [0.05, 0.1) is 18.9 Å². The molecule has 4 nitrogen and oxygen atoms in total. The molecule has 1 atom stereocenters. The molecular weight excluding hydrogens is 406 g/mol. The Kier molecular flexibility index (Phi) is 7.47. The first-order valence-corrected chi connectivity index (χ1v) is 12.4. The number of hydrogen-bond acceptors (Lipinski definition) is 5. The van der Waals surface area contributed by atoms with Crippen molar-refractivity contribution in [3.8, 4) is 5.75 Å². The molecule has 0 radical (unpaired) electrons. The molecular formula is C26H35NO3S. The van der Waals surface area contributed by atoms with Gasteiger partial charge in [-0.2, -0.15) is 0 Å². The average Bonchev–Trinajstić information content (AvgIpc) is 2.80. The van der Waals surface area contributed by atoms with Crippen LogP contribution in [0.25, 0.3) is 0 Å². The molecule has 5 heteroatoms. The van der Waals surface area contributed by atoms with Gasteiger partial charge in [0.25, 0.3) is 0 Å². The topological polar surface area (TPSA) is 41.9 Å². The molecule has 0 bridgehead atoms. The fraction of sp³-hybridized carbons (Fsp3) is 0.538. The Hall–Kier alpha value is -1.69. The molecule has 2 aliphatic rings. The van der Waals surface area contributed by atoms with Crippen molar-refractivity contribution in [1.82, 2.24) is 0 Å². The van der Waals surface area contributed by atoms with Gasteiger partial charge in [-0.25, -0.2) is 0 Å². The highest BCUT2D eigenvalue weighted by molar-refractivity contribution is 8.00. The van der Waals surface area contributed by atoms with E-state index in [4.69, 9.17) is 9.47 Å². The fourth-order valence-electron chi connectivity index (χ4n) is 4.35. The van der Waals surface area contributed by atoms with Crippen LogP contribution >= 0.6 is 11.9 Å². The predicted molar refractivity (Wildman–Crippen MR) is 128 cm³/mol. The molecule has 31 heavy (non-hydrogen) atoms. The van der Waals surface area contributed by atoms with Crippen LogP contribution in [0, 0.1) is 5.92 Å². The predicted octanol–water partition coefficient (Wildman–Crippen LogP) is 5.96. The zero-order valence-electron chi connectivity index (χ0n) is 19.0. The molecule has 168 valence electrons. The van der Waals surface area contributed by atoms with Crippen LogP contribution in [-0.4, -0.2) is 31.0 Å². The first-order chi connectivity index (χ1) is 15.0. The van der Waals surface area contributed by atoms with Crippen LogP contribution in [0.5, 0.6) is 5.75 Å². The van der Waals surface area contributed by atoms with E-state index >= 15 is 0 Å². The number of ether oxygens (including phenoxy) is 2. The van der Waals surface area contributed by atoms with E-state index in [9.17, 15) is 5.11 Å². The maximum atomic E-state index is 9.96. The summed E-state index contributed by atoms with van der Waals surface area (Å²) in [5.74, 6) is 1.88. The molecule has 2 aromatic carbocycles. The number of aliphatic hydroxyl groups is 1. The van der Waals surface area contributed by atoms with Crippen LogP contribution in [0.3, 0.4) is 0 Å². The van der Waals surface area contributed by atoms with Crippen molar-refractivity contribution in [2.45, 2.75) is 69.9 Å². The van der Waals surface area contributed by atoms with Gasteiger partial charge in [0.1, 0.15) is 5.75 Å². The number of fused-ring (bicyclic) bond motifs is 1. The molecule has 2 aromatic rings. The average molecular weight is 442 g/mol. The molecule has 0 aliphatic carbocycles. The minimum absolute atomic E-state index is 0.0125. The van der Waals surface area contributed by atoms with Gasteiger partial charge in [0.15, 0.2) is 0 Å². The van der Waals surface area contributed by atoms with E-state index in [0.717, 1.165) is 55.1 Å². The molecule has 1 N–H and O–H groups in total. The van der Waals surface area contributed by atoms with Gasteiger partial charge in [-0.1, -0.05) is 26.0 Å². The number of aryl methyl sites for hydroxylation is 1. The lowest BCUT2D eigenvalue weighted by Gasteiger charge is -2.36. The van der Waals surface area contributed by atoms with Crippen LogP contribution in [0.4, 0.5) is 5.69 Å². The lowest BCUT2D eigenvalue weighted by atomic mass is 9.93. The Morgan fingerprint density at radius 3 is 2.68 bits per heavy atom. The van der Waals surface area contributed by atoms with E-state index in [1.165, 1.54) is 16.8 Å². The van der Waals surface area contributed by atoms with Crippen molar-refractivity contribution >= 4 is 17.6 Å². The number of hydrogen-bond donors (Lipinski definition) is 1. The van der Waals surface area contributed by atoms with Gasteiger partial charge in [0.2, 0.25) is 0 Å². The smallest absolute Gasteiger partial charge is 0.124 e. The Balaban J connectivity index is 1.48. The zero-order valence-corrected chi connectivity index (χ0v) is 19.8. The van der Waals surface area contributed by atoms with Gasteiger partial charge < -0.3 is 18.9 Å². The highest BCUT2D eigenvalue weighted by Gasteiger charge is 2.25. The first-order valence-electron chi connectivity index (χ1n) is 11.6. The summed E-state index contributed by atoms with van der Waals surface area (Å²) in [6, 6.07) is 13.6. The molecule has 1 saturated heterocycles. The molecule has 1 unspecified atom stereocenters. The molecule has 0 amide bonds. The molecule has 1 fully saturated rings. The zero-order chi connectivity index (χ0) is 21.8. The van der Waals surface area contributed by atoms with Crippen LogP contribution in [0.2, 0.25) is 0 Å². The number of rotatable bonds is 7. The van der Waals surface area contributed by atoms with E-state index in [1.807, 2.05) is 6.07 Å².